The molecule has 0 fully saturated rings. The summed E-state index contributed by atoms with van der Waals surface area (Å²) in [4.78, 5) is 0. The molecular formula is C50H34O6. The Kier molecular flexibility index (Phi) is 8.54. The maximum atomic E-state index is 6.77. The van der Waals surface area contributed by atoms with Crippen LogP contribution in [0.2, 0.25) is 0 Å². The highest BCUT2D eigenvalue weighted by atomic mass is 16.5. The van der Waals surface area contributed by atoms with E-state index in [2.05, 4.69) is 24.3 Å². The Morgan fingerprint density at radius 3 is 0.714 bits per heavy atom. The molecule has 10 rings (SSSR count). The van der Waals surface area contributed by atoms with E-state index in [4.69, 9.17) is 28.4 Å². The van der Waals surface area contributed by atoms with Crippen LogP contribution >= 0.6 is 0 Å². The maximum absolute atomic E-state index is 6.77. The summed E-state index contributed by atoms with van der Waals surface area (Å²) >= 11 is 0. The van der Waals surface area contributed by atoms with Gasteiger partial charge in [0.25, 0.3) is 0 Å². The molecule has 0 saturated heterocycles. The lowest BCUT2D eigenvalue weighted by Crippen LogP contribution is -2.22. The molecule has 0 spiro atoms. The Morgan fingerprint density at radius 2 is 0.482 bits per heavy atom. The predicted octanol–water partition coefficient (Wildman–Crippen LogP) is 14.0. The van der Waals surface area contributed by atoms with Gasteiger partial charge in [0, 0.05) is 58.4 Å². The van der Waals surface area contributed by atoms with E-state index >= 15 is 0 Å². The lowest BCUT2D eigenvalue weighted by Gasteiger charge is -2.38. The van der Waals surface area contributed by atoms with Gasteiger partial charge in [0.2, 0.25) is 0 Å². The molecule has 0 aromatic heterocycles. The van der Waals surface area contributed by atoms with Gasteiger partial charge in [-0.15, -0.1) is 0 Å². The van der Waals surface area contributed by atoms with Crippen LogP contribution in [0.4, 0.5) is 0 Å². The molecule has 6 nitrogen and oxygen atoms in total. The summed E-state index contributed by atoms with van der Waals surface area (Å²) < 4.78 is 38.7. The average molecular weight is 731 g/mol. The van der Waals surface area contributed by atoms with Crippen molar-refractivity contribution in [3.05, 3.63) is 216 Å². The molecule has 2 aliphatic rings. The maximum Gasteiger partial charge on any atom is 0.135 e. The minimum Gasteiger partial charge on any atom is -0.457 e. The normalized spacial score (nSPS) is 12.8. The Morgan fingerprint density at radius 1 is 0.250 bits per heavy atom. The summed E-state index contributed by atoms with van der Waals surface area (Å²) in [7, 11) is 0. The van der Waals surface area contributed by atoms with Crippen molar-refractivity contribution in [1.82, 2.24) is 0 Å². The van der Waals surface area contributed by atoms with Crippen LogP contribution in [0.1, 0.15) is 34.1 Å². The van der Waals surface area contributed by atoms with E-state index in [9.17, 15) is 0 Å². The van der Waals surface area contributed by atoms with Gasteiger partial charge in [0.1, 0.15) is 69.0 Å². The number of para-hydroxylation sites is 4. The lowest BCUT2D eigenvalue weighted by molar-refractivity contribution is 0.400. The minimum absolute atomic E-state index is 0.187. The molecule has 0 atom stereocenters. The van der Waals surface area contributed by atoms with Crippen molar-refractivity contribution in [2.45, 2.75) is 11.8 Å². The molecule has 2 heterocycles. The Labute approximate surface area is 324 Å². The lowest BCUT2D eigenvalue weighted by atomic mass is 9.71. The molecule has 6 heteroatoms. The van der Waals surface area contributed by atoms with E-state index in [0.29, 0.717) is 46.0 Å². The van der Waals surface area contributed by atoms with Crippen LogP contribution in [-0.4, -0.2) is 0 Å². The molecule has 0 radical (unpaired) electrons. The second-order valence-corrected chi connectivity index (χ2v) is 13.6. The fourth-order valence-electron chi connectivity index (χ4n) is 7.48. The molecule has 0 unspecified atom stereocenters. The van der Waals surface area contributed by atoms with Crippen molar-refractivity contribution < 1.29 is 28.4 Å². The zero-order valence-electron chi connectivity index (χ0n) is 30.1. The van der Waals surface area contributed by atoms with Gasteiger partial charge in [0.05, 0.1) is 0 Å². The fraction of sp³-hybridized carbons (Fsp3) is 0.0400. The van der Waals surface area contributed by atoms with Crippen LogP contribution in [0.15, 0.2) is 194 Å². The van der Waals surface area contributed by atoms with Crippen LogP contribution in [0.3, 0.4) is 0 Å². The zero-order chi connectivity index (χ0) is 37.3. The van der Waals surface area contributed by atoms with Crippen LogP contribution in [0.25, 0.3) is 0 Å². The summed E-state index contributed by atoms with van der Waals surface area (Å²) in [5.41, 5.74) is 4.08. The first-order valence-corrected chi connectivity index (χ1v) is 18.5. The smallest absolute Gasteiger partial charge is 0.135 e. The van der Waals surface area contributed by atoms with Crippen molar-refractivity contribution >= 4 is 0 Å². The number of hydrogen-bond acceptors (Lipinski definition) is 6. The SMILES string of the molecule is c1ccc(Oc2ccc3c(c2)Oc2cc(Oc4ccccc4)ccc2C3C2c3ccc(Oc4ccccc4)cc3Oc3cc(Oc4ccccc4)ccc32)cc1. The summed E-state index contributed by atoms with van der Waals surface area (Å²) in [5.74, 6) is 8.11. The molecule has 8 aromatic carbocycles. The highest BCUT2D eigenvalue weighted by molar-refractivity contribution is 5.65. The second-order valence-electron chi connectivity index (χ2n) is 13.6. The van der Waals surface area contributed by atoms with Crippen molar-refractivity contribution in [2.75, 3.05) is 0 Å². The third-order valence-electron chi connectivity index (χ3n) is 9.97. The van der Waals surface area contributed by atoms with Gasteiger partial charge in [-0.2, -0.15) is 0 Å². The predicted molar refractivity (Wildman–Crippen MR) is 216 cm³/mol. The Hall–Kier alpha value is -7.44. The Balaban J connectivity index is 1.11. The molecule has 0 saturated carbocycles. The average Bonchev–Trinajstić information content (AvgIpc) is 3.23. The van der Waals surface area contributed by atoms with E-state index in [1.807, 2.05) is 170 Å². The first kappa shape index (κ1) is 33.2. The van der Waals surface area contributed by atoms with E-state index in [1.165, 1.54) is 0 Å². The number of benzene rings is 8. The molecule has 0 aliphatic carbocycles. The van der Waals surface area contributed by atoms with Crippen molar-refractivity contribution in [3.8, 4) is 69.0 Å². The van der Waals surface area contributed by atoms with Gasteiger partial charge in [-0.1, -0.05) is 97.1 Å². The summed E-state index contributed by atoms with van der Waals surface area (Å²) in [6.45, 7) is 0. The third-order valence-corrected chi connectivity index (χ3v) is 9.97. The van der Waals surface area contributed by atoms with E-state index in [0.717, 1.165) is 45.3 Å². The largest absolute Gasteiger partial charge is 0.457 e. The van der Waals surface area contributed by atoms with Crippen molar-refractivity contribution in [3.63, 3.8) is 0 Å². The van der Waals surface area contributed by atoms with Crippen LogP contribution < -0.4 is 28.4 Å². The number of hydrogen-bond donors (Lipinski definition) is 0. The van der Waals surface area contributed by atoms with Gasteiger partial charge in [-0.3, -0.25) is 0 Å². The van der Waals surface area contributed by atoms with Gasteiger partial charge >= 0.3 is 0 Å². The first-order valence-electron chi connectivity index (χ1n) is 18.5. The number of fused-ring (bicyclic) bond motifs is 4. The van der Waals surface area contributed by atoms with Crippen molar-refractivity contribution in [2.24, 2.45) is 0 Å². The summed E-state index contributed by atoms with van der Waals surface area (Å²) in [5, 5.41) is 0. The van der Waals surface area contributed by atoms with E-state index < -0.39 is 0 Å². The van der Waals surface area contributed by atoms with Crippen LogP contribution in [0.5, 0.6) is 69.0 Å². The van der Waals surface area contributed by atoms with Crippen LogP contribution in [-0.2, 0) is 0 Å². The minimum atomic E-state index is -0.187. The van der Waals surface area contributed by atoms with E-state index in [-0.39, 0.29) is 11.8 Å². The molecule has 8 aromatic rings. The molecule has 270 valence electrons. The van der Waals surface area contributed by atoms with Crippen LogP contribution in [0, 0.1) is 0 Å². The van der Waals surface area contributed by atoms with Crippen molar-refractivity contribution in [1.29, 1.82) is 0 Å². The van der Waals surface area contributed by atoms with Gasteiger partial charge in [-0.25, -0.2) is 0 Å². The molecule has 56 heavy (non-hydrogen) atoms. The third kappa shape index (κ3) is 6.65. The zero-order valence-corrected chi connectivity index (χ0v) is 30.1. The summed E-state index contributed by atoms with van der Waals surface area (Å²) in [6.07, 6.45) is 0. The van der Waals surface area contributed by atoms with Gasteiger partial charge in [-0.05, 0) is 72.8 Å². The highest BCUT2D eigenvalue weighted by Gasteiger charge is 2.41. The first-order chi connectivity index (χ1) is 27.7. The molecule has 0 amide bonds. The summed E-state index contributed by atoms with van der Waals surface area (Å²) in [6, 6.07) is 63.4. The molecular weight excluding hydrogens is 697 g/mol. The standard InChI is InChI=1S/C50H34O6/c1-5-13-33(14-6-1)51-37-21-25-41-45(29-37)55-46-30-38(52-34-15-7-2-8-16-34)22-26-42(46)49(41)50-43-27-23-39(53-35-17-9-3-10-18-35)31-47(43)56-48-32-40(24-28-44(48)50)54-36-19-11-4-12-20-36/h1-32,49-50H. The molecule has 0 bridgehead atoms. The molecule has 2 aliphatic heterocycles. The Bertz CT molecular complexity index is 2280. The highest BCUT2D eigenvalue weighted by Crippen LogP contribution is 2.59. The fourth-order valence-corrected chi connectivity index (χ4v) is 7.48. The second kappa shape index (κ2) is 14.4. The number of ether oxygens (including phenoxy) is 6. The van der Waals surface area contributed by atoms with Gasteiger partial charge in [0.15, 0.2) is 0 Å². The van der Waals surface area contributed by atoms with E-state index in [1.54, 1.807) is 0 Å². The number of rotatable bonds is 9. The topological polar surface area (TPSA) is 55.4 Å². The quantitative estimate of drug-likeness (QED) is 0.147. The molecule has 0 N–H and O–H groups in total. The van der Waals surface area contributed by atoms with Gasteiger partial charge < -0.3 is 28.4 Å². The monoisotopic (exact) mass is 730 g/mol.